The molecule has 2 aromatic rings. The summed E-state index contributed by atoms with van der Waals surface area (Å²) in [6.07, 6.45) is 3.44. The fourth-order valence-electron chi connectivity index (χ4n) is 3.56. The Kier molecular flexibility index (Phi) is 8.41. The Morgan fingerprint density at radius 1 is 1.29 bits per heavy atom. The van der Waals surface area contributed by atoms with Crippen LogP contribution < -0.4 is 10.6 Å². The van der Waals surface area contributed by atoms with E-state index < -0.39 is 0 Å². The molecule has 1 aromatic carbocycles. The lowest BCUT2D eigenvalue weighted by molar-refractivity contribution is -0.117. The fraction of sp³-hybridized carbons (Fsp3) is 0.500. The van der Waals surface area contributed by atoms with Crippen molar-refractivity contribution in [2.24, 2.45) is 5.92 Å². The van der Waals surface area contributed by atoms with Crippen molar-refractivity contribution < 1.29 is 9.18 Å². The summed E-state index contributed by atoms with van der Waals surface area (Å²) in [5.74, 6) is 0.759. The zero-order valence-corrected chi connectivity index (χ0v) is 17.3. The molecule has 0 spiro atoms. The number of rotatable bonds is 7. The summed E-state index contributed by atoms with van der Waals surface area (Å²) in [6, 6.07) is 8.17. The highest BCUT2D eigenvalue weighted by molar-refractivity contribution is 5.91. The highest BCUT2D eigenvalue weighted by Crippen LogP contribution is 2.21. The molecule has 6 nitrogen and oxygen atoms in total. The van der Waals surface area contributed by atoms with E-state index in [-0.39, 0.29) is 24.1 Å². The number of anilines is 1. The maximum atomic E-state index is 14.1. The zero-order chi connectivity index (χ0) is 19.2. The van der Waals surface area contributed by atoms with Gasteiger partial charge in [0.05, 0.1) is 12.2 Å². The van der Waals surface area contributed by atoms with Crippen molar-refractivity contribution in [2.45, 2.75) is 26.2 Å². The summed E-state index contributed by atoms with van der Waals surface area (Å²) >= 11 is 0. The number of aromatic nitrogens is 2. The second-order valence-electron chi connectivity index (χ2n) is 7.19. The minimum Gasteiger partial charge on any atom is -0.320 e. The summed E-state index contributed by atoms with van der Waals surface area (Å²) in [5, 5.41) is 10.4. The van der Waals surface area contributed by atoms with Crippen LogP contribution in [0.5, 0.6) is 0 Å². The molecular formula is C20H29ClFN5O. The molecule has 1 aliphatic rings. The molecule has 0 aliphatic carbocycles. The SMILES string of the molecule is CNCCC1CCN(CC(=O)Nc2cc(C)nn2-c2ccccc2F)CC1.Cl. The van der Waals surface area contributed by atoms with Crippen molar-refractivity contribution in [2.75, 3.05) is 38.5 Å². The van der Waals surface area contributed by atoms with Crippen LogP contribution in [-0.4, -0.2) is 53.8 Å². The van der Waals surface area contributed by atoms with E-state index in [4.69, 9.17) is 0 Å². The highest BCUT2D eigenvalue weighted by atomic mass is 35.5. The third-order valence-corrected chi connectivity index (χ3v) is 5.06. The Balaban J connectivity index is 0.00000280. The van der Waals surface area contributed by atoms with Crippen molar-refractivity contribution in [3.63, 3.8) is 0 Å². The minimum atomic E-state index is -0.375. The van der Waals surface area contributed by atoms with E-state index in [1.54, 1.807) is 24.3 Å². The summed E-state index contributed by atoms with van der Waals surface area (Å²) in [5.41, 5.74) is 1.05. The average Bonchev–Trinajstić information content (AvgIpc) is 3.01. The molecular weight excluding hydrogens is 381 g/mol. The first-order valence-corrected chi connectivity index (χ1v) is 9.55. The van der Waals surface area contributed by atoms with E-state index in [0.717, 1.165) is 44.1 Å². The summed E-state index contributed by atoms with van der Waals surface area (Å²) < 4.78 is 15.6. The molecule has 0 bridgehead atoms. The van der Waals surface area contributed by atoms with Gasteiger partial charge in [-0.3, -0.25) is 9.69 Å². The topological polar surface area (TPSA) is 62.2 Å². The van der Waals surface area contributed by atoms with Gasteiger partial charge in [-0.25, -0.2) is 9.07 Å². The standard InChI is InChI=1S/C20H28FN5O.ClH/c1-15-13-19(26(24-15)18-6-4-3-5-17(18)21)23-20(27)14-25-11-8-16(9-12-25)7-10-22-2;/h3-6,13,16,22H,7-12,14H2,1-2H3,(H,23,27);1H. The van der Waals surface area contributed by atoms with Crippen LogP contribution in [0.1, 0.15) is 25.0 Å². The lowest BCUT2D eigenvalue weighted by Crippen LogP contribution is -2.39. The van der Waals surface area contributed by atoms with Gasteiger partial charge in [0.15, 0.2) is 0 Å². The van der Waals surface area contributed by atoms with E-state index in [2.05, 4.69) is 20.6 Å². The molecule has 28 heavy (non-hydrogen) atoms. The maximum absolute atomic E-state index is 14.1. The maximum Gasteiger partial charge on any atom is 0.239 e. The largest absolute Gasteiger partial charge is 0.320 e. The summed E-state index contributed by atoms with van der Waals surface area (Å²) in [4.78, 5) is 14.7. The highest BCUT2D eigenvalue weighted by Gasteiger charge is 2.21. The molecule has 1 aromatic heterocycles. The molecule has 1 aliphatic heterocycles. The first-order valence-electron chi connectivity index (χ1n) is 9.55. The van der Waals surface area contributed by atoms with Crippen LogP contribution in [0, 0.1) is 18.7 Å². The normalized spacial score (nSPS) is 15.2. The number of carbonyl (C=O) groups is 1. The third-order valence-electron chi connectivity index (χ3n) is 5.06. The lowest BCUT2D eigenvalue weighted by atomic mass is 9.93. The van der Waals surface area contributed by atoms with Crippen molar-refractivity contribution in [1.29, 1.82) is 0 Å². The van der Waals surface area contributed by atoms with E-state index in [9.17, 15) is 9.18 Å². The van der Waals surface area contributed by atoms with Gasteiger partial charge in [-0.05, 0) is 70.9 Å². The molecule has 2 N–H and O–H groups in total. The molecule has 1 saturated heterocycles. The van der Waals surface area contributed by atoms with Gasteiger partial charge in [-0.15, -0.1) is 12.4 Å². The molecule has 8 heteroatoms. The predicted octanol–water partition coefficient (Wildman–Crippen LogP) is 3.00. The Labute approximate surface area is 171 Å². The number of hydrogen-bond acceptors (Lipinski definition) is 4. The summed E-state index contributed by atoms with van der Waals surface area (Å²) in [7, 11) is 1.98. The number of nitrogens with zero attached hydrogens (tertiary/aromatic N) is 3. The number of aryl methyl sites for hydroxylation is 1. The molecule has 0 unspecified atom stereocenters. The Bertz CT molecular complexity index is 774. The number of hydrogen-bond donors (Lipinski definition) is 2. The quantitative estimate of drug-likeness (QED) is 0.738. The second-order valence-corrected chi connectivity index (χ2v) is 7.19. The van der Waals surface area contributed by atoms with Crippen LogP contribution >= 0.6 is 12.4 Å². The number of nitrogens with one attached hydrogen (secondary N) is 2. The molecule has 154 valence electrons. The number of benzene rings is 1. The average molecular weight is 410 g/mol. The lowest BCUT2D eigenvalue weighted by Gasteiger charge is -2.31. The summed E-state index contributed by atoms with van der Waals surface area (Å²) in [6.45, 7) is 5.09. The molecule has 1 amide bonds. The minimum absolute atomic E-state index is 0. The van der Waals surface area contributed by atoms with Crippen LogP contribution in [0.25, 0.3) is 5.69 Å². The van der Waals surface area contributed by atoms with E-state index in [1.807, 2.05) is 14.0 Å². The van der Waals surface area contributed by atoms with Crippen LogP contribution in [0.15, 0.2) is 30.3 Å². The van der Waals surface area contributed by atoms with Gasteiger partial charge in [-0.2, -0.15) is 5.10 Å². The molecule has 1 fully saturated rings. The van der Waals surface area contributed by atoms with Gasteiger partial charge in [0.2, 0.25) is 5.91 Å². The number of likely N-dealkylation sites (tertiary alicyclic amines) is 1. The second kappa shape index (κ2) is 10.5. The molecule has 2 heterocycles. The molecule has 3 rings (SSSR count). The van der Waals surface area contributed by atoms with Crippen molar-refractivity contribution in [3.05, 3.63) is 41.8 Å². The van der Waals surface area contributed by atoms with Crippen LogP contribution in [0.3, 0.4) is 0 Å². The van der Waals surface area contributed by atoms with E-state index in [0.29, 0.717) is 18.1 Å². The first-order chi connectivity index (χ1) is 13.1. The zero-order valence-electron chi connectivity index (χ0n) is 16.4. The van der Waals surface area contributed by atoms with Gasteiger partial charge in [0, 0.05) is 6.07 Å². The van der Waals surface area contributed by atoms with Gasteiger partial charge in [0.25, 0.3) is 0 Å². The number of para-hydroxylation sites is 1. The van der Waals surface area contributed by atoms with Gasteiger partial charge in [0.1, 0.15) is 17.3 Å². The smallest absolute Gasteiger partial charge is 0.239 e. The Hall–Kier alpha value is -1.96. The van der Waals surface area contributed by atoms with E-state index in [1.165, 1.54) is 17.2 Å². The monoisotopic (exact) mass is 409 g/mol. The van der Waals surface area contributed by atoms with Crippen LogP contribution in [0.2, 0.25) is 0 Å². The molecule has 0 atom stereocenters. The third kappa shape index (κ3) is 5.77. The van der Waals surface area contributed by atoms with Crippen LogP contribution in [-0.2, 0) is 4.79 Å². The number of halogens is 2. The van der Waals surface area contributed by atoms with E-state index >= 15 is 0 Å². The fourth-order valence-corrected chi connectivity index (χ4v) is 3.56. The van der Waals surface area contributed by atoms with Gasteiger partial charge >= 0.3 is 0 Å². The Morgan fingerprint density at radius 3 is 2.68 bits per heavy atom. The van der Waals surface area contributed by atoms with Crippen LogP contribution in [0.4, 0.5) is 10.2 Å². The predicted molar refractivity (Wildman–Crippen MR) is 112 cm³/mol. The number of amides is 1. The van der Waals surface area contributed by atoms with Gasteiger partial charge in [-0.1, -0.05) is 12.1 Å². The van der Waals surface area contributed by atoms with Gasteiger partial charge < -0.3 is 10.6 Å². The number of piperidine rings is 1. The number of carbonyl (C=O) groups excluding carboxylic acids is 1. The van der Waals surface area contributed by atoms with Crippen molar-refractivity contribution >= 4 is 24.1 Å². The molecule has 0 radical (unpaired) electrons. The molecule has 0 saturated carbocycles. The van der Waals surface area contributed by atoms with Crippen molar-refractivity contribution in [3.8, 4) is 5.69 Å². The van der Waals surface area contributed by atoms with Crippen molar-refractivity contribution in [1.82, 2.24) is 20.0 Å². The Morgan fingerprint density at radius 2 is 2.00 bits per heavy atom. The first kappa shape index (κ1) is 22.3.